The quantitative estimate of drug-likeness (QED) is 0.0195. The number of phosphoric ester groups is 1. The molecule has 0 bridgehead atoms. The zero-order valence-electron chi connectivity index (χ0n) is 49.0. The zero-order chi connectivity index (χ0) is 57.0. The third-order valence-corrected chi connectivity index (χ3v) is 12.1. The molecule has 2 atom stereocenters. The summed E-state index contributed by atoms with van der Waals surface area (Å²) in [6.45, 7) is 3.85. The van der Waals surface area contributed by atoms with Crippen molar-refractivity contribution >= 4 is 19.8 Å². The molecule has 9 nitrogen and oxygen atoms in total. The minimum Gasteiger partial charge on any atom is -0.756 e. The number of esters is 2. The normalized spacial score (nSPS) is 14.7. The Kier molecular flexibility index (Phi) is 52.8. The molecule has 0 saturated carbocycles. The molecule has 0 fully saturated rings. The standard InChI is InChI=1S/C68H104NO8P/c1-6-8-10-12-14-16-18-20-22-24-25-26-27-28-29-30-31-32-33-34-35-36-37-38-39-40-41-42-43-45-47-49-51-53-55-57-59-61-68(71)77-66(65-76-78(72,73)75-63-62-69(3,4)5)64-74-67(70)60-58-56-54-52-50-48-46-44-23-21-19-17-15-13-11-9-7-2/h8-11,14-17,20-23,25-26,28-29,31-32,34-35,37-38,40-41,43,45-46,48-49,51-52,54,66H,6-7,12-13,18-19,24,27,30,33,36,39,42,44,47,50,53,55-65H2,1-5H3/b10-8-,11-9-,16-14-,17-15-,22-20-,23-21-,26-25-,29-28-,32-31-,35-34-,38-37-,41-40-,45-43-,48-46-,51-49-,54-52-. The highest BCUT2D eigenvalue weighted by Crippen LogP contribution is 2.38. The second kappa shape index (κ2) is 56.6. The van der Waals surface area contributed by atoms with Crippen LogP contribution in [0, 0.1) is 0 Å². The van der Waals surface area contributed by atoms with Gasteiger partial charge in [-0.3, -0.25) is 14.2 Å². The first-order chi connectivity index (χ1) is 38.0. The lowest BCUT2D eigenvalue weighted by Gasteiger charge is -2.28. The van der Waals surface area contributed by atoms with Crippen LogP contribution in [0.1, 0.15) is 168 Å². The molecule has 0 aromatic rings. The topological polar surface area (TPSA) is 111 Å². The fraction of sp³-hybridized carbons (Fsp3) is 0.500. The fourth-order valence-corrected chi connectivity index (χ4v) is 7.42. The maximum absolute atomic E-state index is 12.8. The molecule has 0 aliphatic rings. The highest BCUT2D eigenvalue weighted by molar-refractivity contribution is 7.45. The molecule has 0 N–H and O–H groups in total. The molecule has 0 radical (unpaired) electrons. The summed E-state index contributed by atoms with van der Waals surface area (Å²) in [5.74, 6) is -0.962. The van der Waals surface area contributed by atoms with Crippen molar-refractivity contribution in [1.82, 2.24) is 0 Å². The van der Waals surface area contributed by atoms with Crippen molar-refractivity contribution < 1.29 is 42.1 Å². The first-order valence-electron chi connectivity index (χ1n) is 29.1. The lowest BCUT2D eigenvalue weighted by atomic mass is 10.1. The van der Waals surface area contributed by atoms with Gasteiger partial charge < -0.3 is 27.9 Å². The fourth-order valence-electron chi connectivity index (χ4n) is 6.69. The lowest BCUT2D eigenvalue weighted by Crippen LogP contribution is -2.37. The van der Waals surface area contributed by atoms with Crippen molar-refractivity contribution in [3.8, 4) is 0 Å². The lowest BCUT2D eigenvalue weighted by molar-refractivity contribution is -0.870. The molecule has 10 heteroatoms. The third-order valence-electron chi connectivity index (χ3n) is 11.1. The van der Waals surface area contributed by atoms with Gasteiger partial charge in [0.25, 0.3) is 7.82 Å². The number of unbranched alkanes of at least 4 members (excludes halogenated alkanes) is 4. The van der Waals surface area contributed by atoms with Crippen molar-refractivity contribution in [2.45, 2.75) is 174 Å². The van der Waals surface area contributed by atoms with Crippen LogP contribution in [-0.4, -0.2) is 70.0 Å². The molecule has 0 aliphatic carbocycles. The average Bonchev–Trinajstić information content (AvgIpc) is 3.41. The summed E-state index contributed by atoms with van der Waals surface area (Å²) in [6, 6.07) is 0. The number of hydrogen-bond acceptors (Lipinski definition) is 8. The highest BCUT2D eigenvalue weighted by atomic mass is 31.2. The number of quaternary nitrogens is 1. The summed E-state index contributed by atoms with van der Waals surface area (Å²) in [6.07, 6.45) is 89.2. The Morgan fingerprint density at radius 3 is 1.04 bits per heavy atom. The molecule has 0 saturated heterocycles. The van der Waals surface area contributed by atoms with Crippen LogP contribution in [0.4, 0.5) is 0 Å². The average molecular weight is 1090 g/mol. The van der Waals surface area contributed by atoms with E-state index in [9.17, 15) is 19.0 Å². The number of ether oxygens (including phenoxy) is 2. The van der Waals surface area contributed by atoms with E-state index in [1.807, 2.05) is 27.2 Å². The minimum atomic E-state index is -4.67. The number of rotatable bonds is 50. The molecule has 78 heavy (non-hydrogen) atoms. The van der Waals surface area contributed by atoms with Gasteiger partial charge in [-0.05, 0) is 135 Å². The summed E-state index contributed by atoms with van der Waals surface area (Å²) in [5.41, 5.74) is 0. The molecular weight excluding hydrogens is 990 g/mol. The van der Waals surface area contributed by atoms with Gasteiger partial charge in [-0.25, -0.2) is 0 Å². The Balaban J connectivity index is 4.33. The second-order valence-electron chi connectivity index (χ2n) is 19.5. The van der Waals surface area contributed by atoms with Gasteiger partial charge >= 0.3 is 11.9 Å². The van der Waals surface area contributed by atoms with Gasteiger partial charge in [-0.1, -0.05) is 215 Å². The summed E-state index contributed by atoms with van der Waals surface area (Å²) in [4.78, 5) is 37.8. The Labute approximate surface area is 475 Å². The number of carbonyl (C=O) groups is 2. The van der Waals surface area contributed by atoms with E-state index < -0.39 is 32.5 Å². The number of phosphoric acid groups is 1. The molecule has 2 unspecified atom stereocenters. The van der Waals surface area contributed by atoms with E-state index in [2.05, 4.69) is 202 Å². The van der Waals surface area contributed by atoms with Gasteiger partial charge in [0.15, 0.2) is 6.10 Å². The number of carbonyl (C=O) groups excluding carboxylic acids is 2. The van der Waals surface area contributed by atoms with Crippen molar-refractivity contribution in [3.63, 3.8) is 0 Å². The van der Waals surface area contributed by atoms with E-state index >= 15 is 0 Å². The van der Waals surface area contributed by atoms with Gasteiger partial charge in [0, 0.05) is 12.8 Å². The number of nitrogens with zero attached hydrogens (tertiary/aromatic N) is 1. The molecular formula is C68H104NO8P. The van der Waals surface area contributed by atoms with Gasteiger partial charge in [0.2, 0.25) is 0 Å². The highest BCUT2D eigenvalue weighted by Gasteiger charge is 2.21. The van der Waals surface area contributed by atoms with Gasteiger partial charge in [-0.2, -0.15) is 0 Å². The van der Waals surface area contributed by atoms with Crippen molar-refractivity contribution in [3.05, 3.63) is 194 Å². The van der Waals surface area contributed by atoms with E-state index in [1.54, 1.807) is 0 Å². The van der Waals surface area contributed by atoms with E-state index in [0.717, 1.165) is 122 Å². The molecule has 0 spiro atoms. The van der Waals surface area contributed by atoms with Crippen LogP contribution in [0.5, 0.6) is 0 Å². The van der Waals surface area contributed by atoms with Crippen LogP contribution >= 0.6 is 7.82 Å². The molecule has 0 amide bonds. The number of allylic oxidation sites excluding steroid dienone is 32. The van der Waals surface area contributed by atoms with Gasteiger partial charge in [-0.15, -0.1) is 0 Å². The summed E-state index contributed by atoms with van der Waals surface area (Å²) >= 11 is 0. The summed E-state index contributed by atoms with van der Waals surface area (Å²) in [5, 5.41) is 0. The molecule has 434 valence electrons. The molecule has 0 aliphatic heterocycles. The van der Waals surface area contributed by atoms with Crippen LogP contribution < -0.4 is 4.89 Å². The largest absolute Gasteiger partial charge is 0.756 e. The van der Waals surface area contributed by atoms with Crippen molar-refractivity contribution in [2.75, 3.05) is 47.5 Å². The number of likely N-dealkylation sites (N-methyl/N-ethyl adjacent to an activating group) is 1. The first-order valence-corrected chi connectivity index (χ1v) is 30.6. The second-order valence-corrected chi connectivity index (χ2v) is 20.9. The zero-order valence-corrected chi connectivity index (χ0v) is 49.9. The maximum atomic E-state index is 12.8. The first kappa shape index (κ1) is 72.8. The van der Waals surface area contributed by atoms with Crippen LogP contribution in [-0.2, 0) is 32.7 Å². The van der Waals surface area contributed by atoms with E-state index in [4.69, 9.17) is 18.5 Å². The predicted molar refractivity (Wildman–Crippen MR) is 332 cm³/mol. The van der Waals surface area contributed by atoms with E-state index in [-0.39, 0.29) is 26.1 Å². The van der Waals surface area contributed by atoms with Gasteiger partial charge in [0.1, 0.15) is 19.8 Å². The Morgan fingerprint density at radius 1 is 0.397 bits per heavy atom. The monoisotopic (exact) mass is 1090 g/mol. The Hall–Kier alpha value is -5.15. The van der Waals surface area contributed by atoms with Crippen LogP contribution in [0.2, 0.25) is 0 Å². The number of hydrogen-bond donors (Lipinski definition) is 0. The van der Waals surface area contributed by atoms with Crippen LogP contribution in [0.25, 0.3) is 0 Å². The predicted octanol–water partition coefficient (Wildman–Crippen LogP) is 18.0. The van der Waals surface area contributed by atoms with Crippen LogP contribution in [0.15, 0.2) is 194 Å². The van der Waals surface area contributed by atoms with Gasteiger partial charge in [0.05, 0.1) is 27.7 Å². The molecule has 0 rings (SSSR count). The molecule has 0 aromatic carbocycles. The van der Waals surface area contributed by atoms with E-state index in [0.29, 0.717) is 30.3 Å². The molecule has 0 aromatic heterocycles. The van der Waals surface area contributed by atoms with E-state index in [1.165, 1.54) is 0 Å². The molecule has 0 heterocycles. The Morgan fingerprint density at radius 2 is 0.705 bits per heavy atom. The van der Waals surface area contributed by atoms with Crippen molar-refractivity contribution in [2.24, 2.45) is 0 Å². The summed E-state index contributed by atoms with van der Waals surface area (Å²) < 4.78 is 34.0. The van der Waals surface area contributed by atoms with Crippen LogP contribution in [0.3, 0.4) is 0 Å². The minimum absolute atomic E-state index is 0.0586. The SMILES string of the molecule is CC/C=C\C/C=C\C/C=C\C/C=C\C/C=C\C/C=C\C/C=C\C/C=C\C/C=C\C/C=C\C/C=C\CCCCCC(=O)OC(COC(=O)CCC/C=C\C/C=C\C/C=C\C/C=C\C/C=C\CC)COP(=O)([O-])OCC[N+](C)(C)C. The maximum Gasteiger partial charge on any atom is 0.306 e. The smallest absolute Gasteiger partial charge is 0.306 e. The van der Waals surface area contributed by atoms with Crippen molar-refractivity contribution in [1.29, 1.82) is 0 Å². The summed E-state index contributed by atoms with van der Waals surface area (Å²) in [7, 11) is 1.08. The Bertz CT molecular complexity index is 2010. The third kappa shape index (κ3) is 60.1.